The minimum atomic E-state index is -0.388. The van der Waals surface area contributed by atoms with E-state index in [-0.39, 0.29) is 11.9 Å². The monoisotopic (exact) mass is 465 g/mol. The van der Waals surface area contributed by atoms with E-state index in [1.54, 1.807) is 14.0 Å². The Hall–Kier alpha value is -3.59. The molecule has 1 aromatic heterocycles. The third kappa shape index (κ3) is 5.43. The minimum Gasteiger partial charge on any atom is -0.497 e. The fourth-order valence-corrected chi connectivity index (χ4v) is 4.66. The average molecular weight is 466 g/mol. The summed E-state index contributed by atoms with van der Waals surface area (Å²) >= 11 is 1.20. The van der Waals surface area contributed by atoms with Crippen LogP contribution in [0.15, 0.2) is 48.5 Å². The molecule has 33 heavy (non-hydrogen) atoms. The van der Waals surface area contributed by atoms with Crippen molar-refractivity contribution in [1.29, 1.82) is 0 Å². The van der Waals surface area contributed by atoms with E-state index in [4.69, 9.17) is 4.74 Å². The predicted octanol–water partition coefficient (Wildman–Crippen LogP) is 4.37. The summed E-state index contributed by atoms with van der Waals surface area (Å²) in [5.41, 5.74) is 3.49. The van der Waals surface area contributed by atoms with E-state index in [0.29, 0.717) is 34.5 Å². The summed E-state index contributed by atoms with van der Waals surface area (Å²) < 4.78 is 5.22. The zero-order chi connectivity index (χ0) is 23.4. The number of hydrogen-bond acceptors (Lipinski definition) is 6. The van der Waals surface area contributed by atoms with Gasteiger partial charge in [-0.1, -0.05) is 23.5 Å². The first-order valence-corrected chi connectivity index (χ1v) is 11.5. The number of aryl methyl sites for hydroxylation is 2. The van der Waals surface area contributed by atoms with Crippen LogP contribution >= 0.6 is 11.3 Å². The van der Waals surface area contributed by atoms with E-state index < -0.39 is 0 Å². The predicted molar refractivity (Wildman–Crippen MR) is 132 cm³/mol. The lowest BCUT2D eigenvalue weighted by molar-refractivity contribution is 0.0750. The van der Waals surface area contributed by atoms with Gasteiger partial charge in [0.1, 0.15) is 10.6 Å². The molecule has 1 saturated heterocycles. The molecule has 2 N–H and O–H groups in total. The van der Waals surface area contributed by atoms with Gasteiger partial charge in [-0.15, -0.1) is 0 Å². The second kappa shape index (κ2) is 9.91. The number of amides is 3. The minimum absolute atomic E-state index is 0.0495. The summed E-state index contributed by atoms with van der Waals surface area (Å²) in [4.78, 5) is 34.5. The molecule has 1 fully saturated rings. The maximum atomic E-state index is 13.1. The highest BCUT2D eigenvalue weighted by atomic mass is 32.1. The zero-order valence-electron chi connectivity index (χ0n) is 18.9. The van der Waals surface area contributed by atoms with Crippen LogP contribution in [0.3, 0.4) is 0 Å². The molecule has 0 atom stereocenters. The quantitative estimate of drug-likeness (QED) is 0.584. The Balaban J connectivity index is 1.34. The number of thiazole rings is 1. The van der Waals surface area contributed by atoms with E-state index in [9.17, 15) is 9.59 Å². The van der Waals surface area contributed by atoms with Gasteiger partial charge >= 0.3 is 6.03 Å². The molecule has 0 aliphatic carbocycles. The Morgan fingerprint density at radius 2 is 1.73 bits per heavy atom. The lowest BCUT2D eigenvalue weighted by Gasteiger charge is -2.36. The third-order valence-electron chi connectivity index (χ3n) is 5.49. The normalized spacial score (nSPS) is 13.5. The molecule has 1 aliphatic rings. The van der Waals surface area contributed by atoms with Gasteiger partial charge < -0.3 is 19.9 Å². The highest BCUT2D eigenvalue weighted by Crippen LogP contribution is 2.26. The summed E-state index contributed by atoms with van der Waals surface area (Å²) in [7, 11) is 1.65. The number of nitrogens with one attached hydrogen (secondary N) is 2. The number of anilines is 3. The molecule has 0 unspecified atom stereocenters. The van der Waals surface area contributed by atoms with Crippen molar-refractivity contribution in [3.63, 3.8) is 0 Å². The second-order valence-electron chi connectivity index (χ2n) is 7.86. The molecule has 1 aliphatic heterocycles. The van der Waals surface area contributed by atoms with Gasteiger partial charge in [-0.3, -0.25) is 10.1 Å². The van der Waals surface area contributed by atoms with Crippen LogP contribution < -0.4 is 20.3 Å². The first kappa shape index (κ1) is 22.6. The molecule has 0 saturated carbocycles. The number of urea groups is 1. The molecular formula is C24H27N5O3S. The summed E-state index contributed by atoms with van der Waals surface area (Å²) in [6.45, 7) is 6.50. The fourth-order valence-electron chi connectivity index (χ4n) is 3.73. The number of methoxy groups -OCH3 is 1. The van der Waals surface area contributed by atoms with Crippen LogP contribution in [0.1, 0.15) is 20.9 Å². The van der Waals surface area contributed by atoms with Crippen molar-refractivity contribution < 1.29 is 14.3 Å². The number of piperazine rings is 1. The van der Waals surface area contributed by atoms with Crippen LogP contribution in [0.4, 0.5) is 21.3 Å². The van der Waals surface area contributed by atoms with E-state index >= 15 is 0 Å². The number of carbonyl (C=O) groups is 2. The van der Waals surface area contributed by atoms with Crippen molar-refractivity contribution in [2.45, 2.75) is 13.8 Å². The molecule has 4 rings (SSSR count). The number of carbonyl (C=O) groups excluding carboxylic acids is 2. The summed E-state index contributed by atoms with van der Waals surface area (Å²) in [5.74, 6) is 0.775. The Labute approximate surface area is 197 Å². The summed E-state index contributed by atoms with van der Waals surface area (Å²) in [6.07, 6.45) is 0. The molecule has 0 radical (unpaired) electrons. The largest absolute Gasteiger partial charge is 0.497 e. The van der Waals surface area contributed by atoms with E-state index in [1.165, 1.54) is 11.3 Å². The van der Waals surface area contributed by atoms with Crippen molar-refractivity contribution in [2.24, 2.45) is 0 Å². The second-order valence-corrected chi connectivity index (χ2v) is 8.86. The molecule has 0 spiro atoms. The summed E-state index contributed by atoms with van der Waals surface area (Å²) in [5, 5.41) is 5.92. The van der Waals surface area contributed by atoms with Crippen LogP contribution in [0.2, 0.25) is 0 Å². The number of nitrogens with zero attached hydrogens (tertiary/aromatic N) is 3. The van der Waals surface area contributed by atoms with Crippen LogP contribution in [-0.2, 0) is 0 Å². The molecule has 3 aromatic rings. The number of benzene rings is 2. The van der Waals surface area contributed by atoms with E-state index in [1.807, 2.05) is 60.4 Å². The van der Waals surface area contributed by atoms with Crippen molar-refractivity contribution in [3.8, 4) is 5.75 Å². The molecule has 9 heteroatoms. The van der Waals surface area contributed by atoms with Gasteiger partial charge in [0.15, 0.2) is 5.13 Å². The van der Waals surface area contributed by atoms with Crippen LogP contribution in [-0.4, -0.2) is 55.1 Å². The maximum absolute atomic E-state index is 13.1. The standard InChI is InChI=1S/C24H27N5O3S/c1-16-5-4-6-18(15-16)26-23(31)27-24-25-17(2)21(33-24)22(30)29-13-11-28(12-14-29)19-7-9-20(32-3)10-8-19/h4-10,15H,11-14H2,1-3H3,(H2,25,26,27,31). The summed E-state index contributed by atoms with van der Waals surface area (Å²) in [6, 6.07) is 15.1. The lowest BCUT2D eigenvalue weighted by Crippen LogP contribution is -2.48. The Morgan fingerprint density at radius 3 is 2.39 bits per heavy atom. The van der Waals surface area contributed by atoms with Crippen molar-refractivity contribution >= 4 is 39.8 Å². The van der Waals surface area contributed by atoms with Gasteiger partial charge in [0.2, 0.25) is 0 Å². The van der Waals surface area contributed by atoms with Gasteiger partial charge in [-0.05, 0) is 55.8 Å². The van der Waals surface area contributed by atoms with Crippen LogP contribution in [0.25, 0.3) is 0 Å². The van der Waals surface area contributed by atoms with Crippen molar-refractivity contribution in [3.05, 3.63) is 64.7 Å². The van der Waals surface area contributed by atoms with Crippen LogP contribution in [0.5, 0.6) is 5.75 Å². The highest BCUT2D eigenvalue weighted by molar-refractivity contribution is 7.17. The molecule has 2 heterocycles. The van der Waals surface area contributed by atoms with Crippen molar-refractivity contribution in [2.75, 3.05) is 48.8 Å². The fraction of sp³-hybridized carbons (Fsp3) is 0.292. The van der Waals surface area contributed by atoms with Gasteiger partial charge in [-0.2, -0.15) is 0 Å². The Bertz CT molecular complexity index is 1140. The molecule has 172 valence electrons. The topological polar surface area (TPSA) is 86.8 Å². The van der Waals surface area contributed by atoms with Crippen LogP contribution in [0, 0.1) is 13.8 Å². The first-order chi connectivity index (χ1) is 15.9. The SMILES string of the molecule is COc1ccc(N2CCN(C(=O)c3sc(NC(=O)Nc4cccc(C)c4)nc3C)CC2)cc1. The number of ether oxygens (including phenoxy) is 1. The average Bonchev–Trinajstić information content (AvgIpc) is 3.18. The zero-order valence-corrected chi connectivity index (χ0v) is 19.7. The van der Waals surface area contributed by atoms with Gasteiger partial charge in [-0.25, -0.2) is 9.78 Å². The first-order valence-electron chi connectivity index (χ1n) is 10.7. The van der Waals surface area contributed by atoms with Gasteiger partial charge in [0.25, 0.3) is 5.91 Å². The lowest BCUT2D eigenvalue weighted by atomic mass is 10.2. The van der Waals surface area contributed by atoms with Gasteiger partial charge in [0.05, 0.1) is 12.8 Å². The smallest absolute Gasteiger partial charge is 0.325 e. The van der Waals surface area contributed by atoms with Crippen molar-refractivity contribution in [1.82, 2.24) is 9.88 Å². The number of hydrogen-bond donors (Lipinski definition) is 2. The molecule has 8 nitrogen and oxygen atoms in total. The molecule has 0 bridgehead atoms. The van der Waals surface area contributed by atoms with E-state index in [2.05, 4.69) is 20.5 Å². The number of rotatable bonds is 5. The van der Waals surface area contributed by atoms with Gasteiger partial charge in [0, 0.05) is 37.6 Å². The third-order valence-corrected chi connectivity index (χ3v) is 6.55. The molecular weight excluding hydrogens is 438 g/mol. The Kier molecular flexibility index (Phi) is 6.79. The highest BCUT2D eigenvalue weighted by Gasteiger charge is 2.26. The van der Waals surface area contributed by atoms with E-state index in [0.717, 1.165) is 30.1 Å². The Morgan fingerprint density at radius 1 is 1.00 bits per heavy atom. The molecule has 3 amide bonds. The molecule has 2 aromatic carbocycles. The number of aromatic nitrogens is 1. The maximum Gasteiger partial charge on any atom is 0.325 e.